The van der Waals surface area contributed by atoms with Gasteiger partial charge < -0.3 is 9.31 Å². The van der Waals surface area contributed by atoms with Crippen molar-refractivity contribution in [1.29, 1.82) is 0 Å². The Balaban J connectivity index is 2.13. The van der Waals surface area contributed by atoms with E-state index in [2.05, 4.69) is 4.98 Å². The molecule has 19 heavy (non-hydrogen) atoms. The lowest BCUT2D eigenvalue weighted by molar-refractivity contribution is 0.00578. The van der Waals surface area contributed by atoms with Gasteiger partial charge in [-0.05, 0) is 45.4 Å². The number of nitrogens with zero attached hydrogens (tertiary/aromatic N) is 1. The molecule has 3 nitrogen and oxygen atoms in total. The van der Waals surface area contributed by atoms with E-state index in [1.165, 1.54) is 0 Å². The molecule has 1 fully saturated rings. The highest BCUT2D eigenvalue weighted by molar-refractivity contribution is 6.52. The van der Waals surface area contributed by atoms with Crippen LogP contribution in [-0.2, 0) is 15.2 Å². The molecule has 0 atom stereocenters. The molecule has 0 aromatic carbocycles. The van der Waals surface area contributed by atoms with E-state index in [9.17, 15) is 0 Å². The minimum Gasteiger partial charge on any atom is -0.400 e. The Labute approximate surface area is 120 Å². The summed E-state index contributed by atoms with van der Waals surface area (Å²) in [6.07, 6.45) is 3.65. The lowest BCUT2D eigenvalue weighted by Gasteiger charge is -2.32. The highest BCUT2D eigenvalue weighted by Crippen LogP contribution is 2.37. The van der Waals surface area contributed by atoms with Crippen molar-refractivity contribution in [3.8, 4) is 0 Å². The zero-order valence-corrected chi connectivity index (χ0v) is 12.6. The molecule has 0 saturated carbocycles. The Hall–Kier alpha value is -0.835. The summed E-state index contributed by atoms with van der Waals surface area (Å²) in [5.74, 6) is 2.33. The van der Waals surface area contributed by atoms with E-state index >= 15 is 0 Å². The third kappa shape index (κ3) is 3.02. The summed E-state index contributed by atoms with van der Waals surface area (Å²) < 4.78 is 11.8. The highest BCUT2D eigenvalue weighted by atomic mass is 35.5. The molecule has 0 bridgehead atoms. The van der Waals surface area contributed by atoms with Crippen LogP contribution < -0.4 is 0 Å². The summed E-state index contributed by atoms with van der Waals surface area (Å²) in [7, 11) is -0.352. The fraction of sp³-hybridized carbons (Fsp3) is 0.500. The molecule has 2 rings (SSSR count). The van der Waals surface area contributed by atoms with E-state index < -0.39 is 0 Å². The van der Waals surface area contributed by atoms with Crippen molar-refractivity contribution >= 4 is 24.8 Å². The van der Waals surface area contributed by atoms with E-state index in [0.29, 0.717) is 5.88 Å². The Kier molecular flexibility index (Phi) is 4.04. The van der Waals surface area contributed by atoms with Gasteiger partial charge in [0.25, 0.3) is 0 Å². The summed E-state index contributed by atoms with van der Waals surface area (Å²) in [5, 5.41) is 0. The SMILES string of the molecule is CC1(C)OB(/C=C/c2ncccc2CCl)OC1(C)C. The molecule has 0 aliphatic carbocycles. The number of hydrogen-bond acceptors (Lipinski definition) is 3. The normalized spacial score (nSPS) is 21.2. The van der Waals surface area contributed by atoms with Crippen LogP contribution in [0.1, 0.15) is 39.0 Å². The molecular weight excluding hydrogens is 260 g/mol. The third-order valence-electron chi connectivity index (χ3n) is 3.75. The summed E-state index contributed by atoms with van der Waals surface area (Å²) in [6.45, 7) is 8.13. The molecule has 5 heteroatoms. The van der Waals surface area contributed by atoms with E-state index in [1.54, 1.807) is 6.20 Å². The van der Waals surface area contributed by atoms with Gasteiger partial charge in [-0.3, -0.25) is 4.98 Å². The van der Waals surface area contributed by atoms with E-state index in [4.69, 9.17) is 20.9 Å². The van der Waals surface area contributed by atoms with Crippen LogP contribution in [0.5, 0.6) is 0 Å². The number of halogens is 1. The van der Waals surface area contributed by atoms with E-state index in [-0.39, 0.29) is 18.3 Å². The first-order valence-corrected chi connectivity index (χ1v) is 6.93. The van der Waals surface area contributed by atoms with Gasteiger partial charge in [-0.2, -0.15) is 0 Å². The summed E-state index contributed by atoms with van der Waals surface area (Å²) >= 11 is 5.88. The van der Waals surface area contributed by atoms with Gasteiger partial charge >= 0.3 is 7.12 Å². The lowest BCUT2D eigenvalue weighted by atomic mass is 9.89. The first-order valence-electron chi connectivity index (χ1n) is 6.39. The van der Waals surface area contributed by atoms with Gasteiger partial charge in [0.1, 0.15) is 0 Å². The predicted molar refractivity (Wildman–Crippen MR) is 78.9 cm³/mol. The van der Waals surface area contributed by atoms with Crippen LogP contribution in [0.3, 0.4) is 0 Å². The molecule has 0 radical (unpaired) electrons. The molecule has 1 aromatic rings. The Morgan fingerprint density at radius 3 is 2.47 bits per heavy atom. The molecule has 1 aromatic heterocycles. The maximum Gasteiger partial charge on any atom is 0.487 e. The van der Waals surface area contributed by atoms with Crippen LogP contribution in [0.2, 0.25) is 0 Å². The Morgan fingerprint density at radius 1 is 1.26 bits per heavy atom. The van der Waals surface area contributed by atoms with E-state index in [0.717, 1.165) is 11.3 Å². The van der Waals surface area contributed by atoms with Crippen LogP contribution in [0.15, 0.2) is 24.3 Å². The average molecular weight is 280 g/mol. The number of rotatable bonds is 3. The maximum atomic E-state index is 5.89. The largest absolute Gasteiger partial charge is 0.487 e. The molecule has 0 amide bonds. The first kappa shape index (κ1) is 14.6. The second-order valence-electron chi connectivity index (χ2n) is 5.67. The molecule has 0 N–H and O–H groups in total. The molecule has 0 spiro atoms. The number of alkyl halides is 1. The van der Waals surface area contributed by atoms with Crippen LogP contribution in [0.25, 0.3) is 6.08 Å². The second kappa shape index (κ2) is 5.27. The first-order chi connectivity index (χ1) is 8.86. The van der Waals surface area contributed by atoms with E-state index in [1.807, 2.05) is 51.9 Å². The van der Waals surface area contributed by atoms with Crippen LogP contribution >= 0.6 is 11.6 Å². The van der Waals surface area contributed by atoms with Gasteiger partial charge in [0.2, 0.25) is 0 Å². The van der Waals surface area contributed by atoms with Crippen molar-refractivity contribution in [2.75, 3.05) is 0 Å². The average Bonchev–Trinajstić information content (AvgIpc) is 2.55. The maximum absolute atomic E-state index is 5.89. The molecule has 0 unspecified atom stereocenters. The summed E-state index contributed by atoms with van der Waals surface area (Å²) in [6, 6.07) is 3.84. The Bertz CT molecular complexity index is 472. The zero-order chi connectivity index (χ0) is 14.1. The van der Waals surface area contributed by atoms with Crippen molar-refractivity contribution < 1.29 is 9.31 Å². The quantitative estimate of drug-likeness (QED) is 0.627. The zero-order valence-electron chi connectivity index (χ0n) is 11.8. The number of pyridine rings is 1. The van der Waals surface area contributed by atoms with Crippen molar-refractivity contribution in [1.82, 2.24) is 4.98 Å². The monoisotopic (exact) mass is 279 g/mol. The number of hydrogen-bond donors (Lipinski definition) is 0. The fourth-order valence-electron chi connectivity index (χ4n) is 1.85. The lowest BCUT2D eigenvalue weighted by Crippen LogP contribution is -2.41. The van der Waals surface area contributed by atoms with Gasteiger partial charge in [0.05, 0.1) is 16.9 Å². The Morgan fingerprint density at radius 2 is 1.89 bits per heavy atom. The van der Waals surface area contributed by atoms with Crippen LogP contribution in [0.4, 0.5) is 0 Å². The second-order valence-corrected chi connectivity index (χ2v) is 5.93. The van der Waals surface area contributed by atoms with Gasteiger partial charge in [-0.1, -0.05) is 12.0 Å². The summed E-state index contributed by atoms with van der Waals surface area (Å²) in [5.41, 5.74) is 1.22. The van der Waals surface area contributed by atoms with Crippen molar-refractivity contribution in [3.05, 3.63) is 35.6 Å². The van der Waals surface area contributed by atoms with Gasteiger partial charge in [0, 0.05) is 12.1 Å². The van der Waals surface area contributed by atoms with Crippen LogP contribution in [0, 0.1) is 0 Å². The van der Waals surface area contributed by atoms with Crippen molar-refractivity contribution in [2.24, 2.45) is 0 Å². The minimum atomic E-state index is -0.352. The third-order valence-corrected chi connectivity index (χ3v) is 4.04. The van der Waals surface area contributed by atoms with Gasteiger partial charge in [-0.15, -0.1) is 11.6 Å². The molecule has 1 aliphatic heterocycles. The predicted octanol–water partition coefficient (Wildman–Crippen LogP) is 3.47. The number of aromatic nitrogens is 1. The topological polar surface area (TPSA) is 31.4 Å². The molecular formula is C14H19BClNO2. The van der Waals surface area contributed by atoms with Gasteiger partial charge in [-0.25, -0.2) is 0 Å². The molecule has 2 heterocycles. The van der Waals surface area contributed by atoms with Crippen LogP contribution in [-0.4, -0.2) is 23.3 Å². The fourth-order valence-corrected chi connectivity index (χ4v) is 2.08. The minimum absolute atomic E-state index is 0.318. The standard InChI is InChI=1S/C14H19BClNO2/c1-13(2)14(3,4)19-15(18-13)8-7-12-11(10-16)6-5-9-17-12/h5-9H,10H2,1-4H3/b8-7+. The van der Waals surface area contributed by atoms with Crippen molar-refractivity contribution in [2.45, 2.75) is 44.8 Å². The van der Waals surface area contributed by atoms with Gasteiger partial charge in [0.15, 0.2) is 0 Å². The van der Waals surface area contributed by atoms with Crippen molar-refractivity contribution in [3.63, 3.8) is 0 Å². The molecule has 1 saturated heterocycles. The summed E-state index contributed by atoms with van der Waals surface area (Å²) in [4.78, 5) is 4.30. The molecule has 1 aliphatic rings. The highest BCUT2D eigenvalue weighted by Gasteiger charge is 2.49. The smallest absolute Gasteiger partial charge is 0.400 e. The molecule has 102 valence electrons.